The van der Waals surface area contributed by atoms with E-state index in [2.05, 4.69) is 0 Å². The van der Waals surface area contributed by atoms with Crippen LogP contribution in [0.2, 0.25) is 0 Å². The van der Waals surface area contributed by atoms with Gasteiger partial charge < -0.3 is 9.84 Å². The summed E-state index contributed by atoms with van der Waals surface area (Å²) >= 11 is 0. The lowest BCUT2D eigenvalue weighted by Gasteiger charge is -2.27. The zero-order valence-corrected chi connectivity index (χ0v) is 13.7. The first kappa shape index (κ1) is 15.8. The molecule has 128 valence electrons. The van der Waals surface area contributed by atoms with E-state index >= 15 is 0 Å². The molecule has 6 heteroatoms. The maximum atomic E-state index is 13.0. The van der Waals surface area contributed by atoms with Gasteiger partial charge in [-0.3, -0.25) is 9.59 Å². The van der Waals surface area contributed by atoms with Crippen LogP contribution in [0.3, 0.4) is 0 Å². The maximum absolute atomic E-state index is 13.0. The van der Waals surface area contributed by atoms with E-state index in [1.54, 1.807) is 42.5 Å². The molecule has 0 aliphatic carbocycles. The second-order valence-corrected chi connectivity index (χ2v) is 5.84. The highest BCUT2D eigenvalue weighted by atomic mass is 16.5. The van der Waals surface area contributed by atoms with Crippen LogP contribution < -0.4 is 9.64 Å². The Bertz CT molecular complexity index is 1060. The molecule has 6 nitrogen and oxygen atoms in total. The standard InChI is InChI=1S/C20H13NO5/c1-26-12-7-5-11(6-8-12)21-18(22)15-4-2-3-13-14(20(24)25)9-10-16(17(13)15)19(21)23/h2-10H,1H3,(H,24,25). The molecule has 1 N–H and O–H groups in total. The van der Waals surface area contributed by atoms with Crippen LogP contribution in [0, 0.1) is 0 Å². The second kappa shape index (κ2) is 5.70. The topological polar surface area (TPSA) is 83.9 Å². The van der Waals surface area contributed by atoms with Crippen molar-refractivity contribution in [2.75, 3.05) is 12.0 Å². The predicted molar refractivity (Wildman–Crippen MR) is 95.0 cm³/mol. The number of hydrogen-bond acceptors (Lipinski definition) is 4. The largest absolute Gasteiger partial charge is 0.497 e. The number of benzene rings is 3. The molecule has 1 aliphatic rings. The van der Waals surface area contributed by atoms with Gasteiger partial charge >= 0.3 is 5.97 Å². The van der Waals surface area contributed by atoms with Crippen LogP contribution in [0.5, 0.6) is 5.75 Å². The van der Waals surface area contributed by atoms with E-state index in [4.69, 9.17) is 4.74 Å². The van der Waals surface area contributed by atoms with Crippen LogP contribution in [0.25, 0.3) is 10.8 Å². The average Bonchev–Trinajstić information content (AvgIpc) is 2.66. The lowest BCUT2D eigenvalue weighted by Crippen LogP contribution is -2.40. The molecule has 1 aliphatic heterocycles. The highest BCUT2D eigenvalue weighted by molar-refractivity contribution is 6.36. The van der Waals surface area contributed by atoms with Crippen molar-refractivity contribution in [3.63, 3.8) is 0 Å². The van der Waals surface area contributed by atoms with Gasteiger partial charge in [-0.1, -0.05) is 12.1 Å². The fraction of sp³-hybridized carbons (Fsp3) is 0.0500. The Kier molecular flexibility index (Phi) is 3.47. The summed E-state index contributed by atoms with van der Waals surface area (Å²) in [7, 11) is 1.53. The molecular weight excluding hydrogens is 334 g/mol. The Morgan fingerprint density at radius 1 is 0.923 bits per heavy atom. The van der Waals surface area contributed by atoms with Gasteiger partial charge in [-0.25, -0.2) is 9.69 Å². The molecule has 3 aromatic rings. The van der Waals surface area contributed by atoms with E-state index < -0.39 is 17.8 Å². The molecule has 0 saturated heterocycles. The number of carbonyl (C=O) groups is 3. The van der Waals surface area contributed by atoms with Crippen LogP contribution in [-0.4, -0.2) is 30.0 Å². The Morgan fingerprint density at radius 2 is 1.58 bits per heavy atom. The second-order valence-electron chi connectivity index (χ2n) is 5.84. The molecule has 0 saturated carbocycles. The van der Waals surface area contributed by atoms with Gasteiger partial charge in [0.05, 0.1) is 18.4 Å². The Hall–Kier alpha value is -3.67. The quantitative estimate of drug-likeness (QED) is 0.735. The third kappa shape index (κ3) is 2.16. The van der Waals surface area contributed by atoms with Gasteiger partial charge in [0.25, 0.3) is 11.8 Å². The molecule has 0 radical (unpaired) electrons. The van der Waals surface area contributed by atoms with Crippen LogP contribution in [0.1, 0.15) is 31.1 Å². The normalized spacial score (nSPS) is 13.2. The number of imide groups is 1. The van der Waals surface area contributed by atoms with Crippen molar-refractivity contribution >= 4 is 34.2 Å². The van der Waals surface area contributed by atoms with Gasteiger partial charge in [0, 0.05) is 16.5 Å². The molecular formula is C20H13NO5. The number of anilines is 1. The van der Waals surface area contributed by atoms with Crippen molar-refractivity contribution in [3.05, 3.63) is 71.3 Å². The van der Waals surface area contributed by atoms with E-state index in [0.717, 1.165) is 4.90 Å². The first-order valence-electron chi connectivity index (χ1n) is 7.85. The third-order valence-electron chi connectivity index (χ3n) is 4.47. The van der Waals surface area contributed by atoms with E-state index in [1.165, 1.54) is 19.2 Å². The summed E-state index contributed by atoms with van der Waals surface area (Å²) in [5.41, 5.74) is 1.09. The minimum absolute atomic E-state index is 0.0593. The Morgan fingerprint density at radius 3 is 2.19 bits per heavy atom. The van der Waals surface area contributed by atoms with E-state index in [-0.39, 0.29) is 5.56 Å². The minimum atomic E-state index is -1.11. The van der Waals surface area contributed by atoms with Crippen LogP contribution in [0.4, 0.5) is 5.69 Å². The van der Waals surface area contributed by atoms with E-state index in [1.807, 2.05) is 0 Å². The van der Waals surface area contributed by atoms with Gasteiger partial charge in [-0.2, -0.15) is 0 Å². The van der Waals surface area contributed by atoms with Crippen molar-refractivity contribution in [1.82, 2.24) is 0 Å². The van der Waals surface area contributed by atoms with Crippen LogP contribution in [0.15, 0.2) is 54.6 Å². The number of aromatic carboxylic acids is 1. The molecule has 2 amide bonds. The third-order valence-corrected chi connectivity index (χ3v) is 4.47. The summed E-state index contributed by atoms with van der Waals surface area (Å²) in [6, 6.07) is 14.3. The zero-order chi connectivity index (χ0) is 18.4. The van der Waals surface area contributed by atoms with Crippen molar-refractivity contribution in [2.24, 2.45) is 0 Å². The highest BCUT2D eigenvalue weighted by Gasteiger charge is 2.34. The lowest BCUT2D eigenvalue weighted by atomic mass is 9.91. The fourth-order valence-corrected chi connectivity index (χ4v) is 3.25. The monoisotopic (exact) mass is 347 g/mol. The lowest BCUT2D eigenvalue weighted by molar-refractivity contribution is 0.0697. The SMILES string of the molecule is COc1ccc(N2C(=O)c3cccc4c(C(=O)O)ccc(c34)C2=O)cc1. The molecule has 0 bridgehead atoms. The minimum Gasteiger partial charge on any atom is -0.497 e. The van der Waals surface area contributed by atoms with Crippen molar-refractivity contribution in [3.8, 4) is 5.75 Å². The summed E-state index contributed by atoms with van der Waals surface area (Å²) in [6.07, 6.45) is 0. The fourth-order valence-electron chi connectivity index (χ4n) is 3.25. The van der Waals surface area contributed by atoms with Gasteiger partial charge in [0.15, 0.2) is 0 Å². The number of nitrogens with zero attached hydrogens (tertiary/aromatic N) is 1. The number of carboxylic acid groups (broad SMARTS) is 1. The van der Waals surface area contributed by atoms with Gasteiger partial charge in [0.2, 0.25) is 0 Å². The Balaban J connectivity index is 1.94. The number of methoxy groups -OCH3 is 1. The molecule has 0 unspecified atom stereocenters. The number of carbonyl (C=O) groups excluding carboxylic acids is 2. The van der Waals surface area contributed by atoms with Crippen molar-refractivity contribution < 1.29 is 24.2 Å². The van der Waals surface area contributed by atoms with Crippen molar-refractivity contribution in [1.29, 1.82) is 0 Å². The van der Waals surface area contributed by atoms with Gasteiger partial charge in [0.1, 0.15) is 5.75 Å². The summed E-state index contributed by atoms with van der Waals surface area (Å²) in [5, 5.41) is 10.1. The molecule has 0 atom stereocenters. The molecule has 3 aromatic carbocycles. The van der Waals surface area contributed by atoms with Crippen molar-refractivity contribution in [2.45, 2.75) is 0 Å². The van der Waals surface area contributed by atoms with Gasteiger partial charge in [-0.05, 0) is 47.9 Å². The van der Waals surface area contributed by atoms with Crippen LogP contribution >= 0.6 is 0 Å². The zero-order valence-electron chi connectivity index (χ0n) is 13.7. The van der Waals surface area contributed by atoms with E-state index in [9.17, 15) is 19.5 Å². The van der Waals surface area contributed by atoms with Crippen LogP contribution in [-0.2, 0) is 0 Å². The summed E-state index contributed by atoms with van der Waals surface area (Å²) in [4.78, 5) is 38.5. The van der Waals surface area contributed by atoms with Gasteiger partial charge in [-0.15, -0.1) is 0 Å². The summed E-state index contributed by atoms with van der Waals surface area (Å²) in [6.45, 7) is 0. The smallest absolute Gasteiger partial charge is 0.336 e. The summed E-state index contributed by atoms with van der Waals surface area (Å²) < 4.78 is 5.10. The average molecular weight is 347 g/mol. The molecule has 4 rings (SSSR count). The number of ether oxygens (including phenoxy) is 1. The predicted octanol–water partition coefficient (Wildman–Crippen LogP) is 3.35. The molecule has 26 heavy (non-hydrogen) atoms. The molecule has 1 heterocycles. The van der Waals surface area contributed by atoms with E-state index in [0.29, 0.717) is 33.3 Å². The number of rotatable bonds is 3. The number of hydrogen-bond donors (Lipinski definition) is 1. The molecule has 0 fully saturated rings. The molecule has 0 spiro atoms. The Labute approximate surface area is 148 Å². The highest BCUT2D eigenvalue weighted by Crippen LogP contribution is 2.34. The molecule has 0 aromatic heterocycles. The number of amides is 2. The first-order valence-corrected chi connectivity index (χ1v) is 7.85. The summed E-state index contributed by atoms with van der Waals surface area (Å²) in [5.74, 6) is -1.47. The first-order chi connectivity index (χ1) is 12.5. The maximum Gasteiger partial charge on any atom is 0.336 e. The number of carboxylic acids is 1.